The monoisotopic (exact) mass is 664 g/mol. The molecule has 0 N–H and O–H groups in total. The van der Waals surface area contributed by atoms with Crippen LogP contribution in [0, 0.1) is 0 Å². The van der Waals surface area contributed by atoms with Gasteiger partial charge in [-0.3, -0.25) is 0 Å². The summed E-state index contributed by atoms with van der Waals surface area (Å²) in [6, 6.07) is 23.7. The summed E-state index contributed by atoms with van der Waals surface area (Å²) in [6.07, 6.45) is -2.58. The van der Waals surface area contributed by atoms with E-state index in [9.17, 15) is 19.2 Å². The van der Waals surface area contributed by atoms with Gasteiger partial charge in [0.05, 0.1) is 19.3 Å². The molecule has 0 unspecified atom stereocenters. The van der Waals surface area contributed by atoms with E-state index in [2.05, 4.69) is 22.5 Å². The third-order valence-corrected chi connectivity index (χ3v) is 7.50. The van der Waals surface area contributed by atoms with Crippen LogP contribution in [0.4, 0.5) is 9.59 Å². The van der Waals surface area contributed by atoms with Gasteiger partial charge in [-0.15, -0.1) is 0 Å². The molecule has 0 aliphatic carbocycles. The average molecular weight is 666 g/mol. The Morgan fingerprint density at radius 1 is 0.750 bits per heavy atom. The third-order valence-electron chi connectivity index (χ3n) is 6.97. The number of rotatable bonds is 10. The molecule has 1 fully saturated rings. The van der Waals surface area contributed by atoms with Crippen molar-refractivity contribution in [2.75, 3.05) is 13.2 Å². The highest BCUT2D eigenvalue weighted by Crippen LogP contribution is 2.43. The topological polar surface area (TPSA) is 112 Å². The lowest BCUT2D eigenvalue weighted by atomic mass is 9.88. The zero-order valence-corrected chi connectivity index (χ0v) is 26.0. The summed E-state index contributed by atoms with van der Waals surface area (Å²) in [5.41, 5.74) is -0.157. The number of carbonyl (C=O) groups excluding carboxylic acids is 4. The Morgan fingerprint density at radius 3 is 1.70 bits per heavy atom. The minimum atomic E-state index is -2.42. The van der Waals surface area contributed by atoms with Gasteiger partial charge in [0.1, 0.15) is 13.2 Å². The third kappa shape index (κ3) is 6.94. The van der Waals surface area contributed by atoms with Gasteiger partial charge in [0.25, 0.3) is 5.54 Å². The van der Waals surface area contributed by atoms with Crippen LogP contribution < -0.4 is 0 Å². The number of amides is 2. The fourth-order valence-corrected chi connectivity index (χ4v) is 5.11. The minimum Gasteiger partial charge on any atom is -0.464 e. The maximum Gasteiger partial charge on any atom is 0.431 e. The van der Waals surface area contributed by atoms with Crippen LogP contribution in [0.2, 0.25) is 0 Å². The summed E-state index contributed by atoms with van der Waals surface area (Å²) in [6.45, 7) is 6.76. The van der Waals surface area contributed by atoms with E-state index in [-0.39, 0.29) is 26.4 Å². The van der Waals surface area contributed by atoms with Crippen molar-refractivity contribution in [3.05, 3.63) is 113 Å². The van der Waals surface area contributed by atoms with E-state index >= 15 is 0 Å². The number of ether oxygens (including phenoxy) is 4. The molecule has 1 aliphatic heterocycles. The zero-order valence-electron chi connectivity index (χ0n) is 24.4. The lowest BCUT2D eigenvalue weighted by molar-refractivity contribution is -0.177. The van der Waals surface area contributed by atoms with E-state index in [0.29, 0.717) is 27.3 Å². The van der Waals surface area contributed by atoms with Crippen molar-refractivity contribution in [2.24, 2.45) is 0 Å². The first-order valence-electron chi connectivity index (χ1n) is 14.0. The molecule has 0 radical (unpaired) electrons. The van der Waals surface area contributed by atoms with Gasteiger partial charge in [-0.1, -0.05) is 95.3 Å². The molecule has 1 heterocycles. The maximum atomic E-state index is 14.0. The molecule has 230 valence electrons. The van der Waals surface area contributed by atoms with Gasteiger partial charge in [0, 0.05) is 10.9 Å². The van der Waals surface area contributed by atoms with Gasteiger partial charge in [-0.05, 0) is 48.2 Å². The molecule has 11 heteroatoms. The lowest BCUT2D eigenvalue weighted by Crippen LogP contribution is -2.64. The van der Waals surface area contributed by atoms with Crippen molar-refractivity contribution in [3.8, 4) is 0 Å². The molecule has 2 amide bonds. The predicted molar refractivity (Wildman–Crippen MR) is 165 cm³/mol. The Hall–Kier alpha value is -4.64. The van der Waals surface area contributed by atoms with E-state index in [0.717, 1.165) is 9.48 Å². The Morgan fingerprint density at radius 2 is 1.23 bits per heavy atom. The number of hydrogen-bond acceptors (Lipinski definition) is 8. The first kappa shape index (κ1) is 32.3. The summed E-state index contributed by atoms with van der Waals surface area (Å²) in [7, 11) is 0. The Bertz CT molecular complexity index is 1460. The Balaban J connectivity index is 1.83. The van der Waals surface area contributed by atoms with Gasteiger partial charge in [0.15, 0.2) is 0 Å². The van der Waals surface area contributed by atoms with E-state index in [4.69, 9.17) is 18.9 Å². The summed E-state index contributed by atoms with van der Waals surface area (Å²) < 4.78 is 22.7. The maximum absolute atomic E-state index is 14.0. The van der Waals surface area contributed by atoms with Crippen molar-refractivity contribution < 1.29 is 38.1 Å². The van der Waals surface area contributed by atoms with E-state index < -0.39 is 42.1 Å². The smallest absolute Gasteiger partial charge is 0.431 e. The van der Waals surface area contributed by atoms with Crippen molar-refractivity contribution in [3.63, 3.8) is 0 Å². The normalized spacial score (nSPS) is 15.3. The number of hydrogen-bond donors (Lipinski definition) is 0. The summed E-state index contributed by atoms with van der Waals surface area (Å²) in [5, 5.41) is 1.59. The fourth-order valence-electron chi connectivity index (χ4n) is 4.85. The number of hydrazine groups is 1. The quantitative estimate of drug-likeness (QED) is 0.141. The molecule has 4 rings (SSSR count). The van der Waals surface area contributed by atoms with Gasteiger partial charge in [-0.2, -0.15) is 5.01 Å². The van der Waals surface area contributed by atoms with Crippen LogP contribution in [0.3, 0.4) is 0 Å². The van der Waals surface area contributed by atoms with E-state index in [1.807, 2.05) is 6.07 Å². The van der Waals surface area contributed by atoms with Crippen molar-refractivity contribution in [1.29, 1.82) is 0 Å². The molecule has 0 saturated carbocycles. The standard InChI is InChI=1S/C33H33BrN2O8/c1-4-41-29(37)33(30(38)42-5-2)20-28(23(3)26-16-18-27(34)19-17-26)35(31(39)43-21-24-12-8-6-9-13-24)36(33)32(40)44-22-25-14-10-7-11-15-25/h6-19,28H,3-5,20-22H2,1-2H3/t28-/m0/s1. The number of halogens is 1. The predicted octanol–water partition coefficient (Wildman–Crippen LogP) is 6.29. The number of esters is 2. The molecule has 3 aromatic rings. The van der Waals surface area contributed by atoms with E-state index in [1.54, 1.807) is 92.7 Å². The molecule has 44 heavy (non-hydrogen) atoms. The molecule has 0 spiro atoms. The second kappa shape index (κ2) is 14.7. The zero-order chi connectivity index (χ0) is 31.7. The molecule has 0 bridgehead atoms. The van der Waals surface area contributed by atoms with Crippen molar-refractivity contribution in [1.82, 2.24) is 10.0 Å². The SMILES string of the molecule is C=C(c1ccc(Br)cc1)[C@@H]1CC(C(=O)OCC)(C(=O)OCC)N(C(=O)OCc2ccccc2)N1C(=O)OCc1ccccc1. The van der Waals surface area contributed by atoms with Crippen LogP contribution in [0.25, 0.3) is 5.57 Å². The van der Waals surface area contributed by atoms with Gasteiger partial charge < -0.3 is 18.9 Å². The van der Waals surface area contributed by atoms with E-state index in [1.165, 1.54) is 0 Å². The van der Waals surface area contributed by atoms with Crippen LogP contribution in [0.15, 0.2) is 96.0 Å². The van der Waals surface area contributed by atoms with Crippen LogP contribution in [0.5, 0.6) is 0 Å². The molecule has 0 aromatic heterocycles. The average Bonchev–Trinajstić information content (AvgIpc) is 3.41. The highest BCUT2D eigenvalue weighted by molar-refractivity contribution is 9.10. The number of nitrogens with zero attached hydrogens (tertiary/aromatic N) is 2. The molecular weight excluding hydrogens is 632 g/mol. The summed E-state index contributed by atoms with van der Waals surface area (Å²) in [5.74, 6) is -2.16. The molecule has 10 nitrogen and oxygen atoms in total. The fraction of sp³-hybridized carbons (Fsp3) is 0.273. The molecule has 1 saturated heterocycles. The second-order valence-electron chi connectivity index (χ2n) is 9.79. The Labute approximate surface area is 264 Å². The van der Waals surface area contributed by atoms with Gasteiger partial charge in [-0.25, -0.2) is 24.2 Å². The largest absolute Gasteiger partial charge is 0.464 e. The summed E-state index contributed by atoms with van der Waals surface area (Å²) in [4.78, 5) is 55.5. The van der Waals surface area contributed by atoms with Gasteiger partial charge in [0.2, 0.25) is 0 Å². The molecule has 1 atom stereocenters. The first-order valence-corrected chi connectivity index (χ1v) is 14.8. The van der Waals surface area contributed by atoms with Crippen molar-refractivity contribution >= 4 is 45.6 Å². The molecular formula is C33H33BrN2O8. The highest BCUT2D eigenvalue weighted by Gasteiger charge is 2.67. The number of carbonyl (C=O) groups is 4. The van der Waals surface area contributed by atoms with Crippen molar-refractivity contribution in [2.45, 2.75) is 45.1 Å². The van der Waals surface area contributed by atoms with Crippen LogP contribution in [-0.2, 0) is 41.8 Å². The molecule has 1 aliphatic rings. The lowest BCUT2D eigenvalue weighted by Gasteiger charge is -2.36. The first-order chi connectivity index (χ1) is 21.2. The summed E-state index contributed by atoms with van der Waals surface area (Å²) >= 11 is 3.41. The van der Waals surface area contributed by atoms with Crippen LogP contribution >= 0.6 is 15.9 Å². The van der Waals surface area contributed by atoms with Crippen LogP contribution in [0.1, 0.15) is 37.0 Å². The van der Waals surface area contributed by atoms with Crippen LogP contribution in [-0.4, -0.2) is 58.9 Å². The molecule has 3 aromatic carbocycles. The number of benzene rings is 3. The highest BCUT2D eigenvalue weighted by atomic mass is 79.9. The minimum absolute atomic E-state index is 0.107. The second-order valence-corrected chi connectivity index (χ2v) is 10.7. The van der Waals surface area contributed by atoms with Gasteiger partial charge >= 0.3 is 24.1 Å². The Kier molecular flexibility index (Phi) is 10.8.